The molecule has 0 saturated heterocycles. The van der Waals surface area contributed by atoms with Gasteiger partial charge in [0.1, 0.15) is 0 Å². The highest BCUT2D eigenvalue weighted by molar-refractivity contribution is 8.00. The molecule has 0 aromatic heterocycles. The van der Waals surface area contributed by atoms with Crippen molar-refractivity contribution in [1.29, 1.82) is 0 Å². The molecule has 0 radical (unpaired) electrons. The van der Waals surface area contributed by atoms with Crippen molar-refractivity contribution in [3.63, 3.8) is 0 Å². The second kappa shape index (κ2) is 7.25. The van der Waals surface area contributed by atoms with Crippen molar-refractivity contribution in [3.8, 4) is 0 Å². The molecule has 3 heteroatoms. The molecule has 90 valence electrons. The number of thioether (sulfide) groups is 2. The Kier molecular flexibility index (Phi) is 6.32. The average molecular weight is 255 g/mol. The van der Waals surface area contributed by atoms with E-state index in [0.717, 1.165) is 5.75 Å². The van der Waals surface area contributed by atoms with Crippen LogP contribution in [0.25, 0.3) is 0 Å². The van der Waals surface area contributed by atoms with E-state index in [0.29, 0.717) is 11.8 Å². The zero-order valence-electron chi connectivity index (χ0n) is 10.3. The fraction of sp³-hybridized carbons (Fsp3) is 0.538. The Balaban J connectivity index is 2.94. The summed E-state index contributed by atoms with van der Waals surface area (Å²) in [5.74, 6) is 1.10. The van der Waals surface area contributed by atoms with Crippen LogP contribution >= 0.6 is 23.5 Å². The first-order valence-corrected chi connectivity index (χ1v) is 7.70. The van der Waals surface area contributed by atoms with E-state index in [1.807, 2.05) is 23.5 Å². The van der Waals surface area contributed by atoms with Gasteiger partial charge in [0.15, 0.2) is 0 Å². The summed E-state index contributed by atoms with van der Waals surface area (Å²) in [6.45, 7) is 7.32. The van der Waals surface area contributed by atoms with Crippen molar-refractivity contribution in [2.45, 2.75) is 48.8 Å². The molecule has 0 aliphatic carbocycles. The third kappa shape index (κ3) is 3.72. The lowest BCUT2D eigenvalue weighted by atomic mass is 10.2. The molecule has 0 heterocycles. The summed E-state index contributed by atoms with van der Waals surface area (Å²) < 4.78 is 0. The Bertz CT molecular complexity index is 326. The summed E-state index contributed by atoms with van der Waals surface area (Å²) in [4.78, 5) is 2.70. The van der Waals surface area contributed by atoms with E-state index in [9.17, 15) is 0 Å². The average Bonchev–Trinajstić information content (AvgIpc) is 2.29. The van der Waals surface area contributed by atoms with Crippen LogP contribution in [-0.4, -0.2) is 11.0 Å². The lowest BCUT2D eigenvalue weighted by Gasteiger charge is -2.15. The second-order valence-corrected chi connectivity index (χ2v) is 6.49. The molecule has 1 aromatic rings. The molecule has 1 atom stereocenters. The van der Waals surface area contributed by atoms with E-state index in [1.165, 1.54) is 21.8 Å². The molecule has 0 aliphatic rings. The van der Waals surface area contributed by atoms with Gasteiger partial charge in [-0.05, 0) is 29.9 Å². The summed E-state index contributed by atoms with van der Waals surface area (Å²) in [6, 6.07) is 6.51. The quantitative estimate of drug-likeness (QED) is 0.773. The molecule has 2 N–H and O–H groups in total. The van der Waals surface area contributed by atoms with E-state index < -0.39 is 0 Å². The van der Waals surface area contributed by atoms with Gasteiger partial charge in [-0.15, -0.1) is 23.5 Å². The first-order valence-electron chi connectivity index (χ1n) is 5.84. The predicted molar refractivity (Wildman–Crippen MR) is 76.3 cm³/mol. The van der Waals surface area contributed by atoms with Gasteiger partial charge in [0.25, 0.3) is 0 Å². The van der Waals surface area contributed by atoms with Crippen LogP contribution in [0.15, 0.2) is 28.0 Å². The van der Waals surface area contributed by atoms with E-state index >= 15 is 0 Å². The smallest absolute Gasteiger partial charge is 0.0200 e. The Morgan fingerprint density at radius 3 is 2.50 bits per heavy atom. The Morgan fingerprint density at radius 2 is 1.94 bits per heavy atom. The maximum atomic E-state index is 5.87. The van der Waals surface area contributed by atoms with Gasteiger partial charge in [-0.2, -0.15) is 0 Å². The van der Waals surface area contributed by atoms with Gasteiger partial charge in [0, 0.05) is 21.6 Å². The molecule has 1 nitrogen and oxygen atoms in total. The highest BCUT2D eigenvalue weighted by atomic mass is 32.2. The monoisotopic (exact) mass is 255 g/mol. The Hall–Kier alpha value is -0.120. The van der Waals surface area contributed by atoms with Crippen molar-refractivity contribution < 1.29 is 0 Å². The van der Waals surface area contributed by atoms with Crippen LogP contribution in [0.5, 0.6) is 0 Å². The first-order chi connectivity index (χ1) is 7.72. The molecule has 1 rings (SSSR count). The number of benzene rings is 1. The lowest BCUT2D eigenvalue weighted by Crippen LogP contribution is -2.03. The molecule has 1 aromatic carbocycles. The van der Waals surface area contributed by atoms with Gasteiger partial charge in [0.05, 0.1) is 0 Å². The van der Waals surface area contributed by atoms with E-state index in [4.69, 9.17) is 5.73 Å². The van der Waals surface area contributed by atoms with E-state index in [2.05, 4.69) is 39.0 Å². The van der Waals surface area contributed by atoms with Crippen molar-refractivity contribution in [2.75, 3.05) is 5.75 Å². The second-order valence-electron chi connectivity index (χ2n) is 3.71. The molecular formula is C13H21NS2. The van der Waals surface area contributed by atoms with Gasteiger partial charge in [-0.3, -0.25) is 0 Å². The lowest BCUT2D eigenvalue weighted by molar-refractivity contribution is 0.899. The fourth-order valence-electron chi connectivity index (χ4n) is 1.45. The summed E-state index contributed by atoms with van der Waals surface area (Å²) in [5, 5.41) is 0.659. The molecule has 0 amide bonds. The van der Waals surface area contributed by atoms with Gasteiger partial charge < -0.3 is 5.73 Å². The van der Waals surface area contributed by atoms with Crippen LogP contribution in [0.4, 0.5) is 0 Å². The molecular weight excluding hydrogens is 234 g/mol. The van der Waals surface area contributed by atoms with Crippen LogP contribution in [0, 0.1) is 0 Å². The topological polar surface area (TPSA) is 26.0 Å². The van der Waals surface area contributed by atoms with Crippen molar-refractivity contribution in [1.82, 2.24) is 0 Å². The molecule has 0 bridgehead atoms. The van der Waals surface area contributed by atoms with Gasteiger partial charge in [-0.1, -0.05) is 26.8 Å². The Morgan fingerprint density at radius 1 is 1.25 bits per heavy atom. The molecule has 0 aliphatic heterocycles. The SMILES string of the molecule is CCSc1cccc(SC(C)CC)c1CN. The minimum absolute atomic E-state index is 0.641. The van der Waals surface area contributed by atoms with Gasteiger partial charge in [-0.25, -0.2) is 0 Å². The highest BCUT2D eigenvalue weighted by Crippen LogP contribution is 2.33. The number of hydrogen-bond acceptors (Lipinski definition) is 3. The molecule has 16 heavy (non-hydrogen) atoms. The third-order valence-corrected chi connectivity index (χ3v) is 4.85. The third-order valence-electron chi connectivity index (χ3n) is 2.50. The molecule has 0 spiro atoms. The van der Waals surface area contributed by atoms with Crippen LogP contribution in [-0.2, 0) is 6.54 Å². The van der Waals surface area contributed by atoms with E-state index in [-0.39, 0.29) is 0 Å². The summed E-state index contributed by atoms with van der Waals surface area (Å²) in [7, 11) is 0. The number of rotatable bonds is 6. The van der Waals surface area contributed by atoms with Gasteiger partial charge in [0.2, 0.25) is 0 Å². The zero-order chi connectivity index (χ0) is 12.0. The largest absolute Gasteiger partial charge is 0.326 e. The van der Waals surface area contributed by atoms with Crippen LogP contribution < -0.4 is 5.73 Å². The zero-order valence-corrected chi connectivity index (χ0v) is 12.0. The van der Waals surface area contributed by atoms with Crippen LogP contribution in [0.1, 0.15) is 32.8 Å². The van der Waals surface area contributed by atoms with Crippen LogP contribution in [0.3, 0.4) is 0 Å². The number of hydrogen-bond donors (Lipinski definition) is 1. The molecule has 1 unspecified atom stereocenters. The summed E-state index contributed by atoms with van der Waals surface area (Å²) in [5.41, 5.74) is 7.19. The predicted octanol–water partition coefficient (Wildman–Crippen LogP) is 4.15. The normalized spacial score (nSPS) is 12.8. The molecule has 0 saturated carbocycles. The van der Waals surface area contributed by atoms with E-state index in [1.54, 1.807) is 0 Å². The summed E-state index contributed by atoms with van der Waals surface area (Å²) >= 11 is 3.82. The standard InChI is InChI=1S/C13H21NS2/c1-4-10(3)16-13-8-6-7-12(15-5-2)11(13)9-14/h6-8,10H,4-5,9,14H2,1-3H3. The first kappa shape index (κ1) is 13.9. The van der Waals surface area contributed by atoms with Gasteiger partial charge >= 0.3 is 0 Å². The highest BCUT2D eigenvalue weighted by Gasteiger charge is 2.09. The Labute approximate surface area is 108 Å². The summed E-state index contributed by atoms with van der Waals surface area (Å²) in [6.07, 6.45) is 1.19. The maximum Gasteiger partial charge on any atom is 0.0200 e. The maximum absolute atomic E-state index is 5.87. The minimum atomic E-state index is 0.641. The minimum Gasteiger partial charge on any atom is -0.326 e. The number of nitrogens with two attached hydrogens (primary N) is 1. The molecule has 0 fully saturated rings. The van der Waals surface area contributed by atoms with Crippen LogP contribution in [0.2, 0.25) is 0 Å². The van der Waals surface area contributed by atoms with Crippen molar-refractivity contribution >= 4 is 23.5 Å². The fourth-order valence-corrected chi connectivity index (χ4v) is 3.46. The van der Waals surface area contributed by atoms with Crippen molar-refractivity contribution in [2.24, 2.45) is 5.73 Å². The van der Waals surface area contributed by atoms with Crippen molar-refractivity contribution in [3.05, 3.63) is 23.8 Å².